The third kappa shape index (κ3) is 8.01. The number of nitrogens with one attached hydrogen (secondary N) is 2. The molecular weight excluding hydrogens is 516 g/mol. The minimum Gasteiger partial charge on any atom is -0.444 e. The van der Waals surface area contributed by atoms with E-state index in [-0.39, 0.29) is 42.8 Å². The summed E-state index contributed by atoms with van der Waals surface area (Å²) in [5.74, 6) is -0.357. The molecule has 0 saturated heterocycles. The number of hydrogen-bond donors (Lipinski definition) is 2. The van der Waals surface area contributed by atoms with Crippen LogP contribution in [0.25, 0.3) is 10.9 Å². The van der Waals surface area contributed by atoms with Crippen LogP contribution in [0.2, 0.25) is 0 Å². The predicted molar refractivity (Wildman–Crippen MR) is 151 cm³/mol. The van der Waals surface area contributed by atoms with Crippen LogP contribution >= 0.6 is 0 Å². The van der Waals surface area contributed by atoms with Crippen LogP contribution in [-0.4, -0.2) is 65.2 Å². The van der Waals surface area contributed by atoms with Gasteiger partial charge in [-0.05, 0) is 64.4 Å². The van der Waals surface area contributed by atoms with Crippen LogP contribution in [0.1, 0.15) is 45.4 Å². The summed E-state index contributed by atoms with van der Waals surface area (Å²) in [6, 6.07) is 8.34. The third-order valence-electron chi connectivity index (χ3n) is 5.88. The van der Waals surface area contributed by atoms with E-state index >= 15 is 0 Å². The van der Waals surface area contributed by atoms with E-state index in [4.69, 9.17) is 9.15 Å². The van der Waals surface area contributed by atoms with E-state index < -0.39 is 17.3 Å². The molecule has 0 radical (unpaired) electrons. The second kappa shape index (κ2) is 13.0. The Morgan fingerprint density at radius 1 is 1.12 bits per heavy atom. The maximum absolute atomic E-state index is 13.1. The molecule has 0 saturated carbocycles. The second-order valence-electron chi connectivity index (χ2n) is 10.2. The minimum absolute atomic E-state index is 0.00391. The number of hydrogen-bond acceptors (Lipinski definition) is 8. The Morgan fingerprint density at radius 2 is 1.88 bits per heavy atom. The lowest BCUT2D eigenvalue weighted by atomic mass is 10.1. The number of carbonyl (C=O) groups excluding carboxylic acids is 3. The van der Waals surface area contributed by atoms with Crippen LogP contribution in [0.15, 0.2) is 45.7 Å². The maximum atomic E-state index is 13.1. The molecule has 0 aliphatic carbocycles. The van der Waals surface area contributed by atoms with Gasteiger partial charge in [-0.15, -0.1) is 0 Å². The van der Waals surface area contributed by atoms with Crippen LogP contribution in [-0.2, 0) is 16.0 Å². The van der Waals surface area contributed by atoms with Gasteiger partial charge in [-0.2, -0.15) is 4.98 Å². The van der Waals surface area contributed by atoms with Crippen molar-refractivity contribution in [1.29, 1.82) is 0 Å². The highest BCUT2D eigenvalue weighted by atomic mass is 16.6. The molecule has 2 aromatic heterocycles. The van der Waals surface area contributed by atoms with E-state index in [2.05, 4.69) is 20.6 Å². The topological polar surface area (TPSA) is 147 Å². The molecule has 0 aliphatic heterocycles. The number of urea groups is 1. The van der Waals surface area contributed by atoms with Gasteiger partial charge in [0.05, 0.1) is 10.9 Å². The van der Waals surface area contributed by atoms with Crippen molar-refractivity contribution in [2.24, 2.45) is 0 Å². The number of alkyl carbamates (subject to hydrolysis) is 1. The average molecular weight is 553 g/mol. The Labute approximate surface area is 232 Å². The van der Waals surface area contributed by atoms with Gasteiger partial charge in [0, 0.05) is 57.1 Å². The summed E-state index contributed by atoms with van der Waals surface area (Å²) in [4.78, 5) is 61.9. The molecule has 0 bridgehead atoms. The minimum atomic E-state index is -0.678. The van der Waals surface area contributed by atoms with Gasteiger partial charge in [0.2, 0.25) is 5.91 Å². The third-order valence-corrected chi connectivity index (χ3v) is 5.88. The zero-order chi connectivity index (χ0) is 29.4. The first-order valence-corrected chi connectivity index (χ1v) is 13.0. The molecule has 0 aliphatic rings. The smallest absolute Gasteiger partial charge is 0.407 e. The Kier molecular flexibility index (Phi) is 9.81. The molecule has 40 heavy (non-hydrogen) atoms. The molecule has 3 rings (SSSR count). The summed E-state index contributed by atoms with van der Waals surface area (Å²) in [6.45, 7) is 9.41. The molecule has 3 aromatic rings. The summed E-state index contributed by atoms with van der Waals surface area (Å²) < 4.78 is 10.6. The monoisotopic (exact) mass is 552 g/mol. The van der Waals surface area contributed by atoms with E-state index in [1.807, 2.05) is 18.2 Å². The zero-order valence-corrected chi connectivity index (χ0v) is 23.7. The van der Waals surface area contributed by atoms with Crippen molar-refractivity contribution in [2.45, 2.75) is 53.1 Å². The number of ether oxygens (including phenoxy) is 1. The largest absolute Gasteiger partial charge is 0.444 e. The Bertz CT molecular complexity index is 1420. The van der Waals surface area contributed by atoms with Gasteiger partial charge < -0.3 is 24.7 Å². The number of aromatic nitrogens is 2. The predicted octanol–water partition coefficient (Wildman–Crippen LogP) is 3.87. The first-order valence-electron chi connectivity index (χ1n) is 13.0. The van der Waals surface area contributed by atoms with Crippen LogP contribution in [0, 0.1) is 6.92 Å². The lowest BCUT2D eigenvalue weighted by Gasteiger charge is -2.25. The number of nitrogens with zero attached hydrogens (tertiary/aromatic N) is 4. The number of fused-ring (bicyclic) bond motifs is 1. The van der Waals surface area contributed by atoms with Crippen molar-refractivity contribution in [3.63, 3.8) is 0 Å². The van der Waals surface area contributed by atoms with E-state index in [0.717, 1.165) is 5.69 Å². The average Bonchev–Trinajstić information content (AvgIpc) is 2.88. The molecule has 4 amide bonds. The molecule has 0 atom stereocenters. The highest BCUT2D eigenvalue weighted by Crippen LogP contribution is 2.24. The highest BCUT2D eigenvalue weighted by Gasteiger charge is 2.24. The van der Waals surface area contributed by atoms with Gasteiger partial charge in [0.15, 0.2) is 0 Å². The van der Waals surface area contributed by atoms with Crippen LogP contribution in [0.4, 0.5) is 21.3 Å². The SMILES string of the molecule is CCN(C(=O)N(C)CCc1ccccn1)c1nc2ccc(NC(=O)CCNC(=O)OC(C)(C)C)c(C)c2c(=O)o1. The van der Waals surface area contributed by atoms with Crippen molar-refractivity contribution < 1.29 is 23.5 Å². The van der Waals surface area contributed by atoms with Gasteiger partial charge in [0.25, 0.3) is 0 Å². The Hall–Kier alpha value is -4.48. The molecule has 0 spiro atoms. The fraction of sp³-hybridized carbons (Fsp3) is 0.429. The molecule has 2 heterocycles. The van der Waals surface area contributed by atoms with Gasteiger partial charge in [-0.3, -0.25) is 9.78 Å². The van der Waals surface area contributed by atoms with Crippen molar-refractivity contribution in [1.82, 2.24) is 20.2 Å². The second-order valence-corrected chi connectivity index (χ2v) is 10.2. The normalized spacial score (nSPS) is 11.2. The summed E-state index contributed by atoms with van der Waals surface area (Å²) in [7, 11) is 1.66. The van der Waals surface area contributed by atoms with E-state index in [1.165, 1.54) is 9.80 Å². The zero-order valence-electron chi connectivity index (χ0n) is 23.7. The van der Waals surface area contributed by atoms with Gasteiger partial charge in [0.1, 0.15) is 5.60 Å². The van der Waals surface area contributed by atoms with Crippen molar-refractivity contribution in [3.8, 4) is 0 Å². The first-order chi connectivity index (χ1) is 18.9. The molecule has 0 unspecified atom stereocenters. The maximum Gasteiger partial charge on any atom is 0.407 e. The number of benzene rings is 1. The molecular formula is C28H36N6O6. The molecule has 2 N–H and O–H groups in total. The van der Waals surface area contributed by atoms with E-state index in [9.17, 15) is 19.2 Å². The standard InChI is InChI=1S/C28H36N6O6/c1-7-34(27(38)33(6)17-14-19-10-8-9-15-29-19)25-32-21-12-11-20(18(2)23(21)24(36)39-25)31-22(35)13-16-30-26(37)40-28(3,4)5/h8-12,15H,7,13-14,16-17H2,1-6H3,(H,30,37)(H,31,35). The number of amides is 4. The van der Waals surface area contributed by atoms with Crippen LogP contribution in [0.5, 0.6) is 0 Å². The molecule has 1 aromatic carbocycles. The van der Waals surface area contributed by atoms with Gasteiger partial charge >= 0.3 is 23.8 Å². The molecule has 12 nitrogen and oxygen atoms in total. The number of likely N-dealkylation sites (N-methyl/N-ethyl adjacent to an activating group) is 1. The van der Waals surface area contributed by atoms with Crippen LogP contribution < -0.4 is 21.2 Å². The number of aryl methyl sites for hydroxylation is 1. The van der Waals surface area contributed by atoms with E-state index in [0.29, 0.717) is 29.7 Å². The van der Waals surface area contributed by atoms with E-state index in [1.54, 1.807) is 60.0 Å². The summed E-state index contributed by atoms with van der Waals surface area (Å²) in [5, 5.41) is 5.47. The Balaban J connectivity index is 1.70. The molecule has 12 heteroatoms. The fourth-order valence-corrected chi connectivity index (χ4v) is 3.85. The Morgan fingerprint density at radius 3 is 2.52 bits per heavy atom. The number of anilines is 2. The highest BCUT2D eigenvalue weighted by molar-refractivity contribution is 5.96. The van der Waals surface area contributed by atoms with Crippen molar-refractivity contribution in [2.75, 3.05) is 36.9 Å². The summed E-state index contributed by atoms with van der Waals surface area (Å²) in [6.07, 6.45) is 1.66. The fourth-order valence-electron chi connectivity index (χ4n) is 3.85. The molecule has 214 valence electrons. The van der Waals surface area contributed by atoms with Gasteiger partial charge in [-0.25, -0.2) is 19.3 Å². The number of rotatable bonds is 9. The summed E-state index contributed by atoms with van der Waals surface area (Å²) >= 11 is 0. The number of pyridine rings is 1. The lowest BCUT2D eigenvalue weighted by molar-refractivity contribution is -0.116. The summed E-state index contributed by atoms with van der Waals surface area (Å²) in [5.41, 5.74) is 0.757. The number of carbonyl (C=O) groups is 3. The van der Waals surface area contributed by atoms with Crippen molar-refractivity contribution in [3.05, 3.63) is 58.2 Å². The molecule has 0 fully saturated rings. The quantitative estimate of drug-likeness (QED) is 0.407. The lowest BCUT2D eigenvalue weighted by Crippen LogP contribution is -2.42. The van der Waals surface area contributed by atoms with Crippen molar-refractivity contribution >= 4 is 40.6 Å². The first kappa shape index (κ1) is 30.1. The van der Waals surface area contributed by atoms with Gasteiger partial charge in [-0.1, -0.05) is 6.07 Å². The van der Waals surface area contributed by atoms with Crippen LogP contribution in [0.3, 0.4) is 0 Å².